The Balaban J connectivity index is 2.11. The monoisotopic (exact) mass is 206 g/mol. The van der Waals surface area contributed by atoms with Crippen LogP contribution in [0.1, 0.15) is 44.9 Å². The molecule has 0 radical (unpaired) electrons. The van der Waals surface area contributed by atoms with E-state index in [-0.39, 0.29) is 5.91 Å². The molecular weight excluding hydrogens is 188 g/mol. The molecule has 0 aromatic rings. The number of rotatable bonds is 1. The van der Waals surface area contributed by atoms with Crippen molar-refractivity contribution in [2.45, 2.75) is 44.9 Å². The lowest BCUT2D eigenvalue weighted by atomic mass is 9.74. The predicted molar refractivity (Wildman–Crippen MR) is 56.9 cm³/mol. The van der Waals surface area contributed by atoms with Gasteiger partial charge in [-0.15, -0.1) is 0 Å². The quantitative estimate of drug-likeness (QED) is 0.659. The van der Waals surface area contributed by atoms with E-state index in [1.54, 1.807) is 0 Å². The van der Waals surface area contributed by atoms with Crippen molar-refractivity contribution >= 4 is 5.91 Å². The molecule has 0 N–H and O–H groups in total. The Morgan fingerprint density at radius 1 is 1.07 bits per heavy atom. The van der Waals surface area contributed by atoms with Gasteiger partial charge in [-0.1, -0.05) is 19.3 Å². The third kappa shape index (κ3) is 1.86. The van der Waals surface area contributed by atoms with Gasteiger partial charge in [-0.2, -0.15) is 5.26 Å². The summed E-state index contributed by atoms with van der Waals surface area (Å²) in [5.74, 6) is 0.113. The van der Waals surface area contributed by atoms with Gasteiger partial charge in [-0.25, -0.2) is 0 Å². The van der Waals surface area contributed by atoms with Crippen LogP contribution in [0.5, 0.6) is 0 Å². The Labute approximate surface area is 91.1 Å². The van der Waals surface area contributed by atoms with E-state index >= 15 is 0 Å². The van der Waals surface area contributed by atoms with Crippen LogP contribution in [0.25, 0.3) is 0 Å². The van der Waals surface area contributed by atoms with Gasteiger partial charge in [0.15, 0.2) is 0 Å². The zero-order valence-electron chi connectivity index (χ0n) is 9.17. The summed E-state index contributed by atoms with van der Waals surface area (Å²) in [4.78, 5) is 14.2. The zero-order chi connectivity index (χ0) is 10.7. The van der Waals surface area contributed by atoms with Crippen LogP contribution in [0.2, 0.25) is 0 Å². The topological polar surface area (TPSA) is 44.1 Å². The number of hydrogen-bond donors (Lipinski definition) is 0. The van der Waals surface area contributed by atoms with Crippen LogP contribution in [-0.4, -0.2) is 23.9 Å². The van der Waals surface area contributed by atoms with E-state index in [4.69, 9.17) is 0 Å². The molecule has 82 valence electrons. The normalized spacial score (nSPS) is 24.9. The first kappa shape index (κ1) is 10.5. The third-order valence-electron chi connectivity index (χ3n) is 3.72. The molecule has 0 atom stereocenters. The van der Waals surface area contributed by atoms with Crippen LogP contribution in [0, 0.1) is 16.7 Å². The van der Waals surface area contributed by atoms with E-state index in [1.165, 1.54) is 6.42 Å². The van der Waals surface area contributed by atoms with Crippen LogP contribution in [0.15, 0.2) is 0 Å². The molecule has 0 bridgehead atoms. The lowest BCUT2D eigenvalue weighted by Gasteiger charge is -2.32. The maximum Gasteiger partial charge on any atom is 0.243 e. The van der Waals surface area contributed by atoms with Crippen LogP contribution >= 0.6 is 0 Å². The molecule has 0 aromatic heterocycles. The van der Waals surface area contributed by atoms with E-state index in [9.17, 15) is 10.1 Å². The largest absolute Gasteiger partial charge is 0.341 e. The minimum Gasteiger partial charge on any atom is -0.341 e. The molecule has 1 aliphatic heterocycles. The summed E-state index contributed by atoms with van der Waals surface area (Å²) in [5, 5.41) is 9.27. The van der Waals surface area contributed by atoms with Crippen molar-refractivity contribution in [3.63, 3.8) is 0 Å². The molecule has 0 spiro atoms. The Morgan fingerprint density at radius 3 is 2.20 bits per heavy atom. The summed E-state index contributed by atoms with van der Waals surface area (Å²) < 4.78 is 0. The highest BCUT2D eigenvalue weighted by Crippen LogP contribution is 2.38. The average molecular weight is 206 g/mol. The number of nitrogens with zero attached hydrogens (tertiary/aromatic N) is 2. The van der Waals surface area contributed by atoms with Crippen LogP contribution < -0.4 is 0 Å². The van der Waals surface area contributed by atoms with Crippen molar-refractivity contribution in [3.8, 4) is 6.07 Å². The van der Waals surface area contributed by atoms with Gasteiger partial charge < -0.3 is 4.90 Å². The minimum absolute atomic E-state index is 0.113. The summed E-state index contributed by atoms with van der Waals surface area (Å²) in [5.41, 5.74) is -0.664. The van der Waals surface area contributed by atoms with Crippen molar-refractivity contribution in [2.75, 3.05) is 13.1 Å². The molecule has 1 heterocycles. The Hall–Kier alpha value is -1.04. The second-order valence-electron chi connectivity index (χ2n) is 4.75. The summed E-state index contributed by atoms with van der Waals surface area (Å²) in [6.45, 7) is 1.73. The van der Waals surface area contributed by atoms with Crippen LogP contribution in [0.3, 0.4) is 0 Å². The minimum atomic E-state index is -0.664. The highest BCUT2D eigenvalue weighted by atomic mass is 16.2. The fourth-order valence-electron chi connectivity index (χ4n) is 2.75. The Bertz CT molecular complexity index is 280. The number of carbonyl (C=O) groups is 1. The molecule has 2 rings (SSSR count). The molecular formula is C12H18N2O. The van der Waals surface area contributed by atoms with Gasteiger partial charge in [-0.05, 0) is 25.7 Å². The van der Waals surface area contributed by atoms with E-state index in [1.807, 2.05) is 4.90 Å². The molecule has 1 saturated carbocycles. The first-order valence-electron chi connectivity index (χ1n) is 5.99. The fourth-order valence-corrected chi connectivity index (χ4v) is 2.75. The fraction of sp³-hybridized carbons (Fsp3) is 0.833. The summed E-state index contributed by atoms with van der Waals surface area (Å²) >= 11 is 0. The number of likely N-dealkylation sites (tertiary alicyclic amines) is 1. The molecule has 1 aliphatic carbocycles. The molecule has 1 amide bonds. The number of carbonyl (C=O) groups excluding carboxylic acids is 1. The first-order valence-corrected chi connectivity index (χ1v) is 5.99. The molecule has 3 heteroatoms. The summed E-state index contributed by atoms with van der Waals surface area (Å²) in [6, 6.07) is 2.30. The highest BCUT2D eigenvalue weighted by molar-refractivity contribution is 5.85. The van der Waals surface area contributed by atoms with E-state index < -0.39 is 5.41 Å². The highest BCUT2D eigenvalue weighted by Gasteiger charge is 2.42. The SMILES string of the molecule is N#CC1(C(=O)N2CCCC2)CCCCC1. The predicted octanol–water partition coefficient (Wildman–Crippen LogP) is 2.08. The standard InChI is InChI=1S/C12H18N2O/c13-10-12(6-2-1-3-7-12)11(15)14-8-4-5-9-14/h1-9H2. The van der Waals surface area contributed by atoms with Gasteiger partial charge >= 0.3 is 0 Å². The van der Waals surface area contributed by atoms with Crippen LogP contribution in [0.4, 0.5) is 0 Å². The van der Waals surface area contributed by atoms with Gasteiger partial charge in [0.05, 0.1) is 6.07 Å². The number of amides is 1. The van der Waals surface area contributed by atoms with Gasteiger partial charge in [-0.3, -0.25) is 4.79 Å². The van der Waals surface area contributed by atoms with Gasteiger partial charge in [0.25, 0.3) is 0 Å². The Kier molecular flexibility index (Phi) is 2.95. The molecule has 15 heavy (non-hydrogen) atoms. The van der Waals surface area contributed by atoms with Crippen molar-refractivity contribution in [1.82, 2.24) is 4.90 Å². The smallest absolute Gasteiger partial charge is 0.243 e. The van der Waals surface area contributed by atoms with Gasteiger partial charge in [0.2, 0.25) is 5.91 Å². The summed E-state index contributed by atoms with van der Waals surface area (Å²) in [6.07, 6.45) is 7.01. The summed E-state index contributed by atoms with van der Waals surface area (Å²) in [7, 11) is 0. The van der Waals surface area contributed by atoms with E-state index in [0.717, 1.165) is 51.6 Å². The van der Waals surface area contributed by atoms with Crippen molar-refractivity contribution in [3.05, 3.63) is 0 Å². The molecule has 3 nitrogen and oxygen atoms in total. The third-order valence-corrected chi connectivity index (χ3v) is 3.72. The molecule has 0 aromatic carbocycles. The van der Waals surface area contributed by atoms with Gasteiger partial charge in [0.1, 0.15) is 5.41 Å². The maximum absolute atomic E-state index is 12.3. The number of nitriles is 1. The second-order valence-corrected chi connectivity index (χ2v) is 4.75. The molecule has 2 aliphatic rings. The molecule has 0 unspecified atom stereocenters. The first-order chi connectivity index (χ1) is 7.28. The van der Waals surface area contributed by atoms with Crippen molar-refractivity contribution < 1.29 is 4.79 Å². The van der Waals surface area contributed by atoms with Crippen molar-refractivity contribution in [1.29, 1.82) is 5.26 Å². The van der Waals surface area contributed by atoms with E-state index in [2.05, 4.69) is 6.07 Å². The van der Waals surface area contributed by atoms with Crippen molar-refractivity contribution in [2.24, 2.45) is 5.41 Å². The lowest BCUT2D eigenvalue weighted by molar-refractivity contribution is -0.139. The van der Waals surface area contributed by atoms with Gasteiger partial charge in [0, 0.05) is 13.1 Å². The Morgan fingerprint density at radius 2 is 1.67 bits per heavy atom. The second kappa shape index (κ2) is 4.22. The zero-order valence-corrected chi connectivity index (χ0v) is 9.17. The molecule has 1 saturated heterocycles. The lowest BCUT2D eigenvalue weighted by Crippen LogP contribution is -2.43. The van der Waals surface area contributed by atoms with E-state index in [0.29, 0.717) is 0 Å². The average Bonchev–Trinajstić information content (AvgIpc) is 2.82. The molecule has 2 fully saturated rings. The van der Waals surface area contributed by atoms with Crippen LogP contribution in [-0.2, 0) is 4.79 Å². The maximum atomic E-state index is 12.3. The number of hydrogen-bond acceptors (Lipinski definition) is 2.